The Bertz CT molecular complexity index is 911. The average molecular weight is 442 g/mol. The highest BCUT2D eigenvalue weighted by atomic mass is 19.1. The van der Waals surface area contributed by atoms with Crippen LogP contribution in [0.15, 0.2) is 53.5 Å². The van der Waals surface area contributed by atoms with Gasteiger partial charge in [0.15, 0.2) is 5.96 Å². The third kappa shape index (κ3) is 6.12. The third-order valence-corrected chi connectivity index (χ3v) is 5.62. The predicted molar refractivity (Wildman–Crippen MR) is 126 cm³/mol. The van der Waals surface area contributed by atoms with Gasteiger partial charge in [0.2, 0.25) is 5.91 Å². The summed E-state index contributed by atoms with van der Waals surface area (Å²) in [5, 5.41) is 3.28. The number of aliphatic imine (C=N–C) groups is 1. The van der Waals surface area contributed by atoms with Gasteiger partial charge in [0.1, 0.15) is 11.6 Å². The zero-order valence-electron chi connectivity index (χ0n) is 19.1. The number of guanidine groups is 1. The summed E-state index contributed by atoms with van der Waals surface area (Å²) < 4.78 is 18.5. The average Bonchev–Trinajstić information content (AvgIpc) is 2.82. The maximum Gasteiger partial charge on any atom is 0.224 e. The van der Waals surface area contributed by atoms with Crippen molar-refractivity contribution in [2.75, 3.05) is 58.8 Å². The summed E-state index contributed by atoms with van der Waals surface area (Å²) in [4.78, 5) is 23.1. The van der Waals surface area contributed by atoms with Gasteiger partial charge in [0, 0.05) is 71.0 Å². The largest absolute Gasteiger partial charge is 0.496 e. The Morgan fingerprint density at radius 1 is 1.12 bits per heavy atom. The van der Waals surface area contributed by atoms with Gasteiger partial charge in [-0.1, -0.05) is 18.2 Å². The number of methoxy groups -OCH3 is 1. The number of para-hydroxylation sites is 1. The molecule has 7 nitrogen and oxygen atoms in total. The Balaban J connectivity index is 1.43. The van der Waals surface area contributed by atoms with Crippen molar-refractivity contribution >= 4 is 17.6 Å². The van der Waals surface area contributed by atoms with Crippen molar-refractivity contribution in [3.05, 3.63) is 59.9 Å². The number of nitrogens with one attached hydrogen (secondary N) is 1. The van der Waals surface area contributed by atoms with Gasteiger partial charge >= 0.3 is 0 Å². The summed E-state index contributed by atoms with van der Waals surface area (Å²) in [5.41, 5.74) is 2.05. The molecule has 32 heavy (non-hydrogen) atoms. The number of benzene rings is 2. The Morgan fingerprint density at radius 2 is 1.81 bits per heavy atom. The molecule has 0 atom stereocenters. The number of piperazine rings is 1. The first-order chi connectivity index (χ1) is 15.5. The van der Waals surface area contributed by atoms with Gasteiger partial charge in [-0.05, 0) is 30.3 Å². The summed E-state index contributed by atoms with van der Waals surface area (Å²) in [6.45, 7) is 3.97. The predicted octanol–water partition coefficient (Wildman–Crippen LogP) is 2.58. The fourth-order valence-electron chi connectivity index (χ4n) is 3.85. The van der Waals surface area contributed by atoms with Crippen LogP contribution in [0.3, 0.4) is 0 Å². The summed E-state index contributed by atoms with van der Waals surface area (Å²) in [6, 6.07) is 14.4. The highest BCUT2D eigenvalue weighted by Crippen LogP contribution is 2.19. The van der Waals surface area contributed by atoms with E-state index in [0.29, 0.717) is 32.6 Å². The molecule has 1 heterocycles. The number of hydrogen-bond acceptors (Lipinski definition) is 4. The number of carbonyl (C=O) groups excluding carboxylic acids is 1. The molecule has 1 N–H and O–H groups in total. The summed E-state index contributed by atoms with van der Waals surface area (Å²) in [6.07, 6.45) is 0.401. The zero-order chi connectivity index (χ0) is 22.9. The smallest absolute Gasteiger partial charge is 0.224 e. The third-order valence-electron chi connectivity index (χ3n) is 5.62. The second-order valence-corrected chi connectivity index (χ2v) is 7.74. The molecule has 2 aromatic rings. The number of hydrogen-bond donors (Lipinski definition) is 1. The van der Waals surface area contributed by atoms with E-state index in [1.807, 2.05) is 41.1 Å². The second-order valence-electron chi connectivity index (χ2n) is 7.74. The number of anilines is 1. The molecule has 0 saturated carbocycles. The van der Waals surface area contributed by atoms with Crippen LogP contribution in [0.25, 0.3) is 0 Å². The normalized spacial score (nSPS) is 14.3. The van der Waals surface area contributed by atoms with Crippen molar-refractivity contribution in [2.24, 2.45) is 4.99 Å². The van der Waals surface area contributed by atoms with Gasteiger partial charge in [-0.2, -0.15) is 0 Å². The first kappa shape index (κ1) is 23.4. The molecule has 8 heteroatoms. The van der Waals surface area contributed by atoms with E-state index in [1.165, 1.54) is 12.1 Å². The molecule has 1 aliphatic rings. The molecule has 0 spiro atoms. The van der Waals surface area contributed by atoms with E-state index in [-0.39, 0.29) is 11.7 Å². The lowest BCUT2D eigenvalue weighted by Gasteiger charge is -2.36. The highest BCUT2D eigenvalue weighted by molar-refractivity contribution is 5.81. The van der Waals surface area contributed by atoms with E-state index >= 15 is 0 Å². The van der Waals surface area contributed by atoms with Crippen molar-refractivity contribution in [1.82, 2.24) is 15.1 Å². The molecular formula is C24H32FN5O2. The molecular weight excluding hydrogens is 409 g/mol. The maximum absolute atomic E-state index is 13.1. The van der Waals surface area contributed by atoms with E-state index < -0.39 is 0 Å². The van der Waals surface area contributed by atoms with Gasteiger partial charge < -0.3 is 24.8 Å². The topological polar surface area (TPSA) is 60.4 Å². The zero-order valence-corrected chi connectivity index (χ0v) is 19.1. The molecule has 2 aromatic carbocycles. The van der Waals surface area contributed by atoms with Crippen molar-refractivity contribution in [1.29, 1.82) is 0 Å². The number of ether oxygens (including phenoxy) is 1. The van der Waals surface area contributed by atoms with Crippen molar-refractivity contribution < 1.29 is 13.9 Å². The monoisotopic (exact) mass is 441 g/mol. The lowest BCUT2D eigenvalue weighted by molar-refractivity contribution is -0.131. The molecule has 1 saturated heterocycles. The van der Waals surface area contributed by atoms with Crippen LogP contribution in [0.1, 0.15) is 12.0 Å². The maximum atomic E-state index is 13.1. The molecule has 0 bridgehead atoms. The Morgan fingerprint density at radius 3 is 2.47 bits per heavy atom. The Hall–Kier alpha value is -3.29. The van der Waals surface area contributed by atoms with Gasteiger partial charge in [0.05, 0.1) is 7.11 Å². The number of rotatable bonds is 7. The van der Waals surface area contributed by atoms with E-state index in [4.69, 9.17) is 4.74 Å². The van der Waals surface area contributed by atoms with Crippen molar-refractivity contribution in [2.45, 2.75) is 13.0 Å². The van der Waals surface area contributed by atoms with Gasteiger partial charge in [-0.15, -0.1) is 0 Å². The van der Waals surface area contributed by atoms with Crippen LogP contribution in [-0.2, 0) is 11.3 Å². The fourth-order valence-corrected chi connectivity index (χ4v) is 3.85. The Labute approximate surface area is 189 Å². The van der Waals surface area contributed by atoms with E-state index in [1.54, 1.807) is 26.3 Å². The minimum atomic E-state index is -0.237. The van der Waals surface area contributed by atoms with Crippen molar-refractivity contribution in [3.63, 3.8) is 0 Å². The van der Waals surface area contributed by atoms with E-state index in [0.717, 1.165) is 36.0 Å². The van der Waals surface area contributed by atoms with Crippen LogP contribution in [0, 0.1) is 5.82 Å². The molecule has 0 radical (unpaired) electrons. The van der Waals surface area contributed by atoms with Gasteiger partial charge in [0.25, 0.3) is 0 Å². The van der Waals surface area contributed by atoms with E-state index in [2.05, 4.69) is 15.2 Å². The first-order valence-corrected chi connectivity index (χ1v) is 10.8. The summed E-state index contributed by atoms with van der Waals surface area (Å²) in [5.74, 6) is 1.45. The second kappa shape index (κ2) is 11.4. The molecule has 172 valence electrons. The lowest BCUT2D eigenvalue weighted by Crippen LogP contribution is -2.49. The van der Waals surface area contributed by atoms with E-state index in [9.17, 15) is 9.18 Å². The molecule has 0 unspecified atom stereocenters. The van der Waals surface area contributed by atoms with Crippen LogP contribution < -0.4 is 15.0 Å². The number of carbonyl (C=O) groups is 1. The molecule has 0 aliphatic carbocycles. The number of amides is 1. The number of nitrogens with zero attached hydrogens (tertiary/aromatic N) is 4. The van der Waals surface area contributed by atoms with Crippen LogP contribution in [-0.4, -0.2) is 75.6 Å². The van der Waals surface area contributed by atoms with Gasteiger partial charge in [-0.3, -0.25) is 9.79 Å². The molecule has 1 aliphatic heterocycles. The minimum absolute atomic E-state index is 0.124. The summed E-state index contributed by atoms with van der Waals surface area (Å²) >= 11 is 0. The summed E-state index contributed by atoms with van der Waals surface area (Å²) in [7, 11) is 5.35. The molecule has 3 rings (SSSR count). The van der Waals surface area contributed by atoms with Crippen LogP contribution >= 0.6 is 0 Å². The van der Waals surface area contributed by atoms with Gasteiger partial charge in [-0.25, -0.2) is 4.39 Å². The van der Waals surface area contributed by atoms with Crippen molar-refractivity contribution in [3.8, 4) is 5.75 Å². The SMILES string of the molecule is CN=C(NCCC(=O)N1CCN(c2ccc(F)cc2)CC1)N(C)Cc1ccccc1OC. The standard InChI is InChI=1S/C24H32FN5O2/c1-26-24(28(2)18-19-6-4-5-7-22(19)32-3)27-13-12-23(31)30-16-14-29(15-17-30)21-10-8-20(25)9-11-21/h4-11H,12-18H2,1-3H3,(H,26,27). The highest BCUT2D eigenvalue weighted by Gasteiger charge is 2.21. The number of halogens is 1. The first-order valence-electron chi connectivity index (χ1n) is 10.8. The van der Waals surface area contributed by atoms with Crippen LogP contribution in [0.4, 0.5) is 10.1 Å². The van der Waals surface area contributed by atoms with Crippen LogP contribution in [0.5, 0.6) is 5.75 Å². The quantitative estimate of drug-likeness (QED) is 0.529. The molecule has 1 fully saturated rings. The Kier molecular flexibility index (Phi) is 8.30. The molecule has 0 aromatic heterocycles. The fraction of sp³-hybridized carbons (Fsp3) is 0.417. The van der Waals surface area contributed by atoms with Crippen LogP contribution in [0.2, 0.25) is 0 Å². The lowest BCUT2D eigenvalue weighted by atomic mass is 10.2. The minimum Gasteiger partial charge on any atom is -0.496 e. The molecule has 1 amide bonds.